The summed E-state index contributed by atoms with van der Waals surface area (Å²) in [7, 11) is 0. The van der Waals surface area contributed by atoms with Crippen molar-refractivity contribution in [3.8, 4) is 0 Å². The number of rotatable bonds is 3. The first kappa shape index (κ1) is 10.5. The van der Waals surface area contributed by atoms with Gasteiger partial charge in [-0.2, -0.15) is 11.8 Å². The van der Waals surface area contributed by atoms with E-state index < -0.39 is 0 Å². The molecular formula is C10H16N2S2. The van der Waals surface area contributed by atoms with Gasteiger partial charge in [-0.25, -0.2) is 4.98 Å². The molecule has 0 spiro atoms. The minimum atomic E-state index is 0.723. The predicted molar refractivity (Wildman–Crippen MR) is 64.0 cm³/mol. The fourth-order valence-electron chi connectivity index (χ4n) is 1.62. The summed E-state index contributed by atoms with van der Waals surface area (Å²) in [6.07, 6.45) is 4.59. The number of thioether (sulfide) groups is 1. The van der Waals surface area contributed by atoms with Crippen LogP contribution in [-0.2, 0) is 6.54 Å². The van der Waals surface area contributed by atoms with E-state index in [2.05, 4.69) is 29.0 Å². The summed E-state index contributed by atoms with van der Waals surface area (Å²) in [6, 6.07) is 0.723. The lowest BCUT2D eigenvalue weighted by Gasteiger charge is -2.21. The molecule has 0 amide bonds. The fraction of sp³-hybridized carbons (Fsp3) is 0.700. The van der Waals surface area contributed by atoms with Crippen LogP contribution in [-0.4, -0.2) is 22.5 Å². The average Bonchev–Trinajstić information content (AvgIpc) is 2.63. The number of nitrogens with one attached hydrogen (secondary N) is 1. The number of hydrogen-bond acceptors (Lipinski definition) is 4. The summed E-state index contributed by atoms with van der Waals surface area (Å²) in [4.78, 5) is 5.66. The largest absolute Gasteiger partial charge is 0.308 e. The van der Waals surface area contributed by atoms with Crippen LogP contribution in [0, 0.1) is 6.92 Å². The second-order valence-electron chi connectivity index (χ2n) is 3.63. The van der Waals surface area contributed by atoms with Gasteiger partial charge < -0.3 is 5.32 Å². The maximum absolute atomic E-state index is 4.35. The first-order chi connectivity index (χ1) is 6.84. The van der Waals surface area contributed by atoms with E-state index in [-0.39, 0.29) is 0 Å². The van der Waals surface area contributed by atoms with Crippen molar-refractivity contribution in [2.45, 2.75) is 32.4 Å². The number of aromatic nitrogens is 1. The van der Waals surface area contributed by atoms with E-state index in [4.69, 9.17) is 0 Å². The fourth-order valence-corrected chi connectivity index (χ4v) is 3.46. The maximum atomic E-state index is 4.35. The SMILES string of the molecule is Cc1cnc(CNC2CCSCC2)s1. The predicted octanol–water partition coefficient (Wildman–Crippen LogP) is 2.44. The standard InChI is InChI=1S/C10H16N2S2/c1-8-6-12-10(14-8)7-11-9-2-4-13-5-3-9/h6,9,11H,2-5,7H2,1H3. The van der Waals surface area contributed by atoms with Crippen LogP contribution < -0.4 is 5.32 Å². The van der Waals surface area contributed by atoms with Gasteiger partial charge in [0, 0.05) is 23.7 Å². The molecule has 2 rings (SSSR count). The highest BCUT2D eigenvalue weighted by Gasteiger charge is 2.12. The molecule has 1 fully saturated rings. The zero-order valence-electron chi connectivity index (χ0n) is 8.45. The van der Waals surface area contributed by atoms with Crippen molar-refractivity contribution in [2.24, 2.45) is 0 Å². The highest BCUT2D eigenvalue weighted by atomic mass is 32.2. The van der Waals surface area contributed by atoms with Gasteiger partial charge in [-0.3, -0.25) is 0 Å². The number of aryl methyl sites for hydroxylation is 1. The van der Waals surface area contributed by atoms with Gasteiger partial charge in [0.05, 0.1) is 0 Å². The lowest BCUT2D eigenvalue weighted by atomic mass is 10.1. The van der Waals surface area contributed by atoms with Gasteiger partial charge in [-0.05, 0) is 31.3 Å². The molecule has 2 heterocycles. The Morgan fingerprint density at radius 2 is 2.29 bits per heavy atom. The molecule has 1 saturated heterocycles. The molecule has 1 aromatic heterocycles. The Labute approximate surface area is 93.5 Å². The smallest absolute Gasteiger partial charge is 0.107 e. The molecule has 4 heteroatoms. The molecule has 2 nitrogen and oxygen atoms in total. The van der Waals surface area contributed by atoms with Gasteiger partial charge in [0.2, 0.25) is 0 Å². The molecule has 1 aliphatic heterocycles. The topological polar surface area (TPSA) is 24.9 Å². The van der Waals surface area contributed by atoms with Crippen molar-refractivity contribution in [3.63, 3.8) is 0 Å². The monoisotopic (exact) mass is 228 g/mol. The molecule has 0 bridgehead atoms. The van der Waals surface area contributed by atoms with Crippen LogP contribution in [0.1, 0.15) is 22.7 Å². The molecule has 0 radical (unpaired) electrons. The van der Waals surface area contributed by atoms with Crippen molar-refractivity contribution in [3.05, 3.63) is 16.1 Å². The average molecular weight is 228 g/mol. The van der Waals surface area contributed by atoms with Crippen LogP contribution in [0.2, 0.25) is 0 Å². The lowest BCUT2D eigenvalue weighted by molar-refractivity contribution is 0.481. The highest BCUT2D eigenvalue weighted by Crippen LogP contribution is 2.18. The van der Waals surface area contributed by atoms with Crippen LogP contribution >= 0.6 is 23.1 Å². The van der Waals surface area contributed by atoms with E-state index in [9.17, 15) is 0 Å². The van der Waals surface area contributed by atoms with E-state index in [1.807, 2.05) is 6.20 Å². The van der Waals surface area contributed by atoms with Crippen LogP contribution in [0.4, 0.5) is 0 Å². The number of thiazole rings is 1. The van der Waals surface area contributed by atoms with E-state index in [1.165, 1.54) is 34.2 Å². The Bertz CT molecular complexity index is 279. The Morgan fingerprint density at radius 1 is 1.50 bits per heavy atom. The normalized spacial score (nSPS) is 18.6. The van der Waals surface area contributed by atoms with E-state index >= 15 is 0 Å². The Balaban J connectivity index is 1.76. The molecule has 0 unspecified atom stereocenters. The van der Waals surface area contributed by atoms with Gasteiger partial charge in [0.25, 0.3) is 0 Å². The van der Waals surface area contributed by atoms with E-state index in [1.54, 1.807) is 11.3 Å². The third-order valence-corrected chi connectivity index (χ3v) is 4.39. The van der Waals surface area contributed by atoms with Crippen molar-refractivity contribution < 1.29 is 0 Å². The summed E-state index contributed by atoms with van der Waals surface area (Å²) >= 11 is 3.87. The summed E-state index contributed by atoms with van der Waals surface area (Å²) in [6.45, 7) is 3.06. The zero-order chi connectivity index (χ0) is 9.80. The van der Waals surface area contributed by atoms with Gasteiger partial charge in [-0.15, -0.1) is 11.3 Å². The van der Waals surface area contributed by atoms with Crippen molar-refractivity contribution in [2.75, 3.05) is 11.5 Å². The molecule has 0 aliphatic carbocycles. The Hall–Kier alpha value is -0.0600. The Kier molecular flexibility index (Phi) is 3.84. The molecule has 0 aromatic carbocycles. The van der Waals surface area contributed by atoms with Crippen molar-refractivity contribution in [1.82, 2.24) is 10.3 Å². The molecule has 1 N–H and O–H groups in total. The molecular weight excluding hydrogens is 212 g/mol. The summed E-state index contributed by atoms with van der Waals surface area (Å²) < 4.78 is 0. The molecule has 0 saturated carbocycles. The van der Waals surface area contributed by atoms with Gasteiger partial charge >= 0.3 is 0 Å². The molecule has 1 aliphatic rings. The van der Waals surface area contributed by atoms with Crippen LogP contribution in [0.25, 0.3) is 0 Å². The van der Waals surface area contributed by atoms with E-state index in [0.29, 0.717) is 0 Å². The van der Waals surface area contributed by atoms with E-state index in [0.717, 1.165) is 12.6 Å². The Morgan fingerprint density at radius 3 is 2.93 bits per heavy atom. The van der Waals surface area contributed by atoms with Crippen LogP contribution in [0.15, 0.2) is 6.20 Å². The van der Waals surface area contributed by atoms with Crippen molar-refractivity contribution in [1.29, 1.82) is 0 Å². The number of hydrogen-bond donors (Lipinski definition) is 1. The van der Waals surface area contributed by atoms with Crippen LogP contribution in [0.5, 0.6) is 0 Å². The maximum Gasteiger partial charge on any atom is 0.107 e. The third kappa shape index (κ3) is 2.97. The van der Waals surface area contributed by atoms with Crippen molar-refractivity contribution >= 4 is 23.1 Å². The first-order valence-electron chi connectivity index (χ1n) is 5.07. The summed E-state index contributed by atoms with van der Waals surface area (Å²) in [5.41, 5.74) is 0. The first-order valence-corrected chi connectivity index (χ1v) is 7.04. The second-order valence-corrected chi connectivity index (χ2v) is 6.18. The highest BCUT2D eigenvalue weighted by molar-refractivity contribution is 7.99. The lowest BCUT2D eigenvalue weighted by Crippen LogP contribution is -2.31. The number of nitrogens with zero attached hydrogens (tertiary/aromatic N) is 1. The van der Waals surface area contributed by atoms with Crippen LogP contribution in [0.3, 0.4) is 0 Å². The second kappa shape index (κ2) is 5.14. The summed E-state index contributed by atoms with van der Waals surface area (Å²) in [5.74, 6) is 2.63. The summed E-state index contributed by atoms with van der Waals surface area (Å²) in [5, 5.41) is 4.81. The van der Waals surface area contributed by atoms with Gasteiger partial charge in [0.15, 0.2) is 0 Å². The molecule has 14 heavy (non-hydrogen) atoms. The quantitative estimate of drug-likeness (QED) is 0.860. The minimum Gasteiger partial charge on any atom is -0.308 e. The van der Waals surface area contributed by atoms with Gasteiger partial charge in [0.1, 0.15) is 5.01 Å². The molecule has 78 valence electrons. The molecule has 1 aromatic rings. The minimum absolute atomic E-state index is 0.723. The third-order valence-electron chi connectivity index (χ3n) is 2.43. The molecule has 0 atom stereocenters. The zero-order valence-corrected chi connectivity index (χ0v) is 10.1. The van der Waals surface area contributed by atoms with Gasteiger partial charge in [-0.1, -0.05) is 0 Å².